The molecule has 0 aromatic rings. The highest BCUT2D eigenvalue weighted by molar-refractivity contribution is 5.78. The number of nitrogens with two attached hydrogens (primary N) is 2. The molecule has 0 radical (unpaired) electrons. The molecular formula is C6H12N4O2. The van der Waals surface area contributed by atoms with Crippen molar-refractivity contribution in [3.8, 4) is 0 Å². The van der Waals surface area contributed by atoms with Crippen LogP contribution in [-0.2, 0) is 0 Å². The van der Waals surface area contributed by atoms with E-state index in [2.05, 4.69) is 6.58 Å². The summed E-state index contributed by atoms with van der Waals surface area (Å²) in [7, 11) is 1.34. The lowest BCUT2D eigenvalue weighted by Crippen LogP contribution is -2.51. The number of hydrogen-bond donors (Lipinski definition) is 2. The Labute approximate surface area is 70.4 Å². The summed E-state index contributed by atoms with van der Waals surface area (Å²) < 4.78 is 0. The minimum atomic E-state index is -0.754. The van der Waals surface area contributed by atoms with Crippen LogP contribution in [0.25, 0.3) is 0 Å². The van der Waals surface area contributed by atoms with E-state index in [1.54, 1.807) is 0 Å². The first kappa shape index (κ1) is 10.3. The van der Waals surface area contributed by atoms with Crippen LogP contribution in [0, 0.1) is 0 Å². The number of urea groups is 2. The van der Waals surface area contributed by atoms with Gasteiger partial charge >= 0.3 is 12.1 Å². The van der Waals surface area contributed by atoms with Gasteiger partial charge in [-0.3, -0.25) is 0 Å². The molecule has 0 aromatic carbocycles. The van der Waals surface area contributed by atoms with Crippen molar-refractivity contribution in [1.29, 1.82) is 0 Å². The van der Waals surface area contributed by atoms with Crippen LogP contribution < -0.4 is 11.5 Å². The highest BCUT2D eigenvalue weighted by atomic mass is 16.2. The molecule has 0 aliphatic rings. The molecule has 0 rings (SSSR count). The van der Waals surface area contributed by atoms with Gasteiger partial charge in [-0.2, -0.15) is 0 Å². The Morgan fingerprint density at radius 3 is 2.17 bits per heavy atom. The molecule has 0 saturated carbocycles. The summed E-state index contributed by atoms with van der Waals surface area (Å²) in [5.74, 6) is 0. The molecule has 6 heteroatoms. The maximum absolute atomic E-state index is 10.7. The van der Waals surface area contributed by atoms with Gasteiger partial charge in [-0.05, 0) is 0 Å². The maximum Gasteiger partial charge on any atom is 0.334 e. The minimum absolute atomic E-state index is 0.148. The average Bonchev–Trinajstić information content (AvgIpc) is 1.98. The molecular weight excluding hydrogens is 160 g/mol. The van der Waals surface area contributed by atoms with E-state index in [-0.39, 0.29) is 6.54 Å². The summed E-state index contributed by atoms with van der Waals surface area (Å²) in [6.07, 6.45) is 1.43. The molecule has 6 nitrogen and oxygen atoms in total. The van der Waals surface area contributed by atoms with Crippen molar-refractivity contribution in [3.63, 3.8) is 0 Å². The number of carbonyl (C=O) groups excluding carboxylic acids is 2. The average molecular weight is 172 g/mol. The second kappa shape index (κ2) is 4.22. The maximum atomic E-state index is 10.7. The monoisotopic (exact) mass is 172 g/mol. The minimum Gasteiger partial charge on any atom is -0.350 e. The molecule has 68 valence electrons. The molecule has 0 aliphatic carbocycles. The van der Waals surface area contributed by atoms with Crippen LogP contribution in [0.2, 0.25) is 0 Å². The zero-order valence-electron chi connectivity index (χ0n) is 6.86. The van der Waals surface area contributed by atoms with E-state index in [0.717, 1.165) is 10.0 Å². The largest absolute Gasteiger partial charge is 0.350 e. The van der Waals surface area contributed by atoms with Gasteiger partial charge in [0, 0.05) is 7.05 Å². The third-order valence-electron chi connectivity index (χ3n) is 1.24. The van der Waals surface area contributed by atoms with Crippen LogP contribution in [0.5, 0.6) is 0 Å². The number of amides is 4. The fraction of sp³-hybridized carbons (Fsp3) is 0.333. The van der Waals surface area contributed by atoms with Gasteiger partial charge in [0.1, 0.15) is 0 Å². The Balaban J connectivity index is 4.38. The first-order valence-corrected chi connectivity index (χ1v) is 3.21. The summed E-state index contributed by atoms with van der Waals surface area (Å²) >= 11 is 0. The van der Waals surface area contributed by atoms with Gasteiger partial charge in [0.25, 0.3) is 0 Å². The van der Waals surface area contributed by atoms with Crippen LogP contribution in [0.4, 0.5) is 9.59 Å². The highest BCUT2D eigenvalue weighted by Crippen LogP contribution is 1.93. The lowest BCUT2D eigenvalue weighted by Gasteiger charge is -2.27. The van der Waals surface area contributed by atoms with Gasteiger partial charge in [0.05, 0.1) is 6.54 Å². The molecule has 0 heterocycles. The Bertz CT molecular complexity index is 204. The Kier molecular flexibility index (Phi) is 3.61. The summed E-state index contributed by atoms with van der Waals surface area (Å²) in [4.78, 5) is 21.3. The Morgan fingerprint density at radius 2 is 1.92 bits per heavy atom. The second-order valence-corrected chi connectivity index (χ2v) is 2.07. The molecule has 0 aliphatic heterocycles. The normalized spacial score (nSPS) is 8.75. The predicted molar refractivity (Wildman–Crippen MR) is 43.8 cm³/mol. The SMILES string of the molecule is C=CCN(C(N)=O)N(C)C(N)=O. The lowest BCUT2D eigenvalue weighted by atomic mass is 10.6. The first-order chi connectivity index (χ1) is 5.50. The topological polar surface area (TPSA) is 92.7 Å². The predicted octanol–water partition coefficient (Wildman–Crippen LogP) is -0.521. The van der Waals surface area contributed by atoms with Crippen molar-refractivity contribution in [3.05, 3.63) is 12.7 Å². The van der Waals surface area contributed by atoms with Gasteiger partial charge in [-0.25, -0.2) is 19.6 Å². The molecule has 0 aromatic heterocycles. The van der Waals surface area contributed by atoms with E-state index in [9.17, 15) is 9.59 Å². The molecule has 4 amide bonds. The third kappa shape index (κ3) is 2.49. The third-order valence-corrected chi connectivity index (χ3v) is 1.24. The zero-order chi connectivity index (χ0) is 9.72. The number of hydrazine groups is 1. The molecule has 4 N–H and O–H groups in total. The van der Waals surface area contributed by atoms with Crippen molar-refractivity contribution >= 4 is 12.1 Å². The van der Waals surface area contributed by atoms with Gasteiger partial charge < -0.3 is 11.5 Å². The van der Waals surface area contributed by atoms with Gasteiger partial charge in [0.2, 0.25) is 0 Å². The van der Waals surface area contributed by atoms with Crippen molar-refractivity contribution in [2.75, 3.05) is 13.6 Å². The molecule has 0 spiro atoms. The van der Waals surface area contributed by atoms with Crippen LogP contribution in [0.3, 0.4) is 0 Å². The van der Waals surface area contributed by atoms with Gasteiger partial charge in [-0.15, -0.1) is 6.58 Å². The van der Waals surface area contributed by atoms with E-state index in [1.165, 1.54) is 13.1 Å². The molecule has 0 saturated heterocycles. The van der Waals surface area contributed by atoms with Crippen LogP contribution >= 0.6 is 0 Å². The Hall–Kier alpha value is -1.72. The Morgan fingerprint density at radius 1 is 1.42 bits per heavy atom. The smallest absolute Gasteiger partial charge is 0.334 e. The second-order valence-electron chi connectivity index (χ2n) is 2.07. The van der Waals surface area contributed by atoms with Crippen molar-refractivity contribution in [2.24, 2.45) is 11.5 Å². The standard InChI is InChI=1S/C6H12N4O2/c1-3-4-10(6(8)12)9(2)5(7)11/h3H,1,4H2,2H3,(H2,7,11)(H2,8,12). The molecule has 0 fully saturated rings. The number of primary amides is 2. The summed E-state index contributed by atoms with van der Waals surface area (Å²) in [5.41, 5.74) is 9.86. The van der Waals surface area contributed by atoms with Crippen molar-refractivity contribution < 1.29 is 9.59 Å². The fourth-order valence-electron chi connectivity index (χ4n) is 0.602. The van der Waals surface area contributed by atoms with Crippen LogP contribution in [0.15, 0.2) is 12.7 Å². The zero-order valence-corrected chi connectivity index (χ0v) is 6.86. The van der Waals surface area contributed by atoms with E-state index < -0.39 is 12.1 Å². The quantitative estimate of drug-likeness (QED) is 0.433. The van der Waals surface area contributed by atoms with Gasteiger partial charge in [-0.1, -0.05) is 6.08 Å². The van der Waals surface area contributed by atoms with Crippen molar-refractivity contribution in [2.45, 2.75) is 0 Å². The van der Waals surface area contributed by atoms with E-state index >= 15 is 0 Å². The number of hydrogen-bond acceptors (Lipinski definition) is 2. The fourth-order valence-corrected chi connectivity index (χ4v) is 0.602. The summed E-state index contributed by atoms with van der Waals surface area (Å²) in [6, 6.07) is -1.51. The van der Waals surface area contributed by atoms with Crippen LogP contribution in [0.1, 0.15) is 0 Å². The van der Waals surface area contributed by atoms with Crippen molar-refractivity contribution in [1.82, 2.24) is 10.0 Å². The molecule has 0 atom stereocenters. The summed E-state index contributed by atoms with van der Waals surface area (Å²) in [5, 5.41) is 1.89. The number of carbonyl (C=O) groups is 2. The summed E-state index contributed by atoms with van der Waals surface area (Å²) in [6.45, 7) is 3.54. The van der Waals surface area contributed by atoms with E-state index in [4.69, 9.17) is 11.5 Å². The van der Waals surface area contributed by atoms with E-state index in [1.807, 2.05) is 0 Å². The molecule has 12 heavy (non-hydrogen) atoms. The number of rotatable bonds is 2. The number of nitrogens with zero attached hydrogens (tertiary/aromatic N) is 2. The van der Waals surface area contributed by atoms with Crippen LogP contribution in [-0.4, -0.2) is 35.7 Å². The van der Waals surface area contributed by atoms with Gasteiger partial charge in [0.15, 0.2) is 0 Å². The van der Waals surface area contributed by atoms with E-state index in [0.29, 0.717) is 0 Å². The molecule has 0 bridgehead atoms. The first-order valence-electron chi connectivity index (χ1n) is 3.21. The highest BCUT2D eigenvalue weighted by Gasteiger charge is 2.16. The lowest BCUT2D eigenvalue weighted by molar-refractivity contribution is 0.0856. The molecule has 0 unspecified atom stereocenters.